The lowest BCUT2D eigenvalue weighted by atomic mass is 10.2. The zero-order chi connectivity index (χ0) is 18.4. The van der Waals surface area contributed by atoms with Gasteiger partial charge in [0, 0.05) is 49.9 Å². The molecule has 1 saturated heterocycles. The van der Waals surface area contributed by atoms with Crippen LogP contribution in [-0.2, 0) is 6.54 Å². The summed E-state index contributed by atoms with van der Waals surface area (Å²) >= 11 is 5.84. The van der Waals surface area contributed by atoms with Crippen molar-refractivity contribution in [1.82, 2.24) is 9.80 Å². The topological polar surface area (TPSA) is 35.9 Å². The normalized spacial score (nSPS) is 17.2. The number of nitrogens with zero attached hydrogens (tertiary/aromatic N) is 2. The Balaban J connectivity index is 1.38. The maximum atomic E-state index is 13.7. The molecule has 4 nitrogen and oxygen atoms in total. The van der Waals surface area contributed by atoms with E-state index in [0.717, 1.165) is 31.7 Å². The molecule has 1 aliphatic heterocycles. The summed E-state index contributed by atoms with van der Waals surface area (Å²) in [7, 11) is 0. The van der Waals surface area contributed by atoms with Crippen LogP contribution in [0.3, 0.4) is 0 Å². The van der Waals surface area contributed by atoms with Gasteiger partial charge in [-0.3, -0.25) is 9.80 Å². The summed E-state index contributed by atoms with van der Waals surface area (Å²) in [5.41, 5.74) is 0.734. The summed E-state index contributed by atoms with van der Waals surface area (Å²) < 4.78 is 19.3. The number of halogens is 2. The van der Waals surface area contributed by atoms with Crippen molar-refractivity contribution in [2.45, 2.75) is 12.6 Å². The third-order valence-corrected chi connectivity index (χ3v) is 4.79. The fraction of sp³-hybridized carbons (Fsp3) is 0.400. The van der Waals surface area contributed by atoms with Crippen LogP contribution in [0.2, 0.25) is 5.02 Å². The number of ether oxygens (including phenoxy) is 1. The van der Waals surface area contributed by atoms with Crippen LogP contribution in [0.5, 0.6) is 5.75 Å². The number of hydrogen-bond donors (Lipinski definition) is 1. The Bertz CT molecular complexity index is 690. The highest BCUT2D eigenvalue weighted by atomic mass is 35.5. The lowest BCUT2D eigenvalue weighted by molar-refractivity contribution is 0.0444. The average molecular weight is 379 g/mol. The molecule has 2 aromatic carbocycles. The van der Waals surface area contributed by atoms with E-state index in [1.807, 2.05) is 12.1 Å². The van der Waals surface area contributed by atoms with Crippen LogP contribution < -0.4 is 4.74 Å². The van der Waals surface area contributed by atoms with Crippen molar-refractivity contribution < 1.29 is 14.2 Å². The van der Waals surface area contributed by atoms with Crippen LogP contribution in [0.15, 0.2) is 48.5 Å². The molecule has 0 amide bonds. The predicted octanol–water partition coefficient (Wildman–Crippen LogP) is 3.04. The monoisotopic (exact) mass is 378 g/mol. The molecule has 2 aromatic rings. The first-order valence-electron chi connectivity index (χ1n) is 8.85. The number of rotatable bonds is 7. The second kappa shape index (κ2) is 9.33. The van der Waals surface area contributed by atoms with E-state index in [-0.39, 0.29) is 12.4 Å². The SMILES string of the molecule is O[C@@H](COc1ccc(Cl)cc1)CN1CCN(Cc2ccccc2F)CC1. The molecular weight excluding hydrogens is 355 g/mol. The van der Waals surface area contributed by atoms with Crippen molar-refractivity contribution in [3.05, 3.63) is 64.9 Å². The van der Waals surface area contributed by atoms with E-state index in [1.165, 1.54) is 6.07 Å². The molecule has 0 radical (unpaired) electrons. The zero-order valence-electron chi connectivity index (χ0n) is 14.7. The summed E-state index contributed by atoms with van der Waals surface area (Å²) in [4.78, 5) is 4.46. The minimum atomic E-state index is -0.552. The van der Waals surface area contributed by atoms with Gasteiger partial charge in [0.25, 0.3) is 0 Å². The van der Waals surface area contributed by atoms with Gasteiger partial charge in [-0.05, 0) is 30.3 Å². The highest BCUT2D eigenvalue weighted by Crippen LogP contribution is 2.16. The lowest BCUT2D eigenvalue weighted by Gasteiger charge is -2.35. The Morgan fingerprint density at radius 3 is 2.35 bits per heavy atom. The highest BCUT2D eigenvalue weighted by Gasteiger charge is 2.20. The van der Waals surface area contributed by atoms with Gasteiger partial charge < -0.3 is 9.84 Å². The Kier molecular flexibility index (Phi) is 6.86. The molecule has 0 spiro atoms. The summed E-state index contributed by atoms with van der Waals surface area (Å²) in [6.07, 6.45) is -0.552. The van der Waals surface area contributed by atoms with Gasteiger partial charge in [-0.2, -0.15) is 0 Å². The van der Waals surface area contributed by atoms with Crippen molar-refractivity contribution in [3.8, 4) is 5.75 Å². The fourth-order valence-corrected chi connectivity index (χ4v) is 3.20. The van der Waals surface area contributed by atoms with Gasteiger partial charge in [-0.15, -0.1) is 0 Å². The largest absolute Gasteiger partial charge is 0.491 e. The molecule has 0 bridgehead atoms. The van der Waals surface area contributed by atoms with Crippen molar-refractivity contribution in [2.24, 2.45) is 0 Å². The van der Waals surface area contributed by atoms with Crippen LogP contribution in [-0.4, -0.2) is 60.3 Å². The molecule has 1 heterocycles. The van der Waals surface area contributed by atoms with E-state index in [9.17, 15) is 9.50 Å². The van der Waals surface area contributed by atoms with E-state index in [0.29, 0.717) is 23.9 Å². The Hall–Kier alpha value is -1.66. The van der Waals surface area contributed by atoms with Crippen LogP contribution in [0.4, 0.5) is 4.39 Å². The number of benzene rings is 2. The van der Waals surface area contributed by atoms with E-state index in [2.05, 4.69) is 9.80 Å². The van der Waals surface area contributed by atoms with Crippen molar-refractivity contribution >= 4 is 11.6 Å². The molecule has 140 valence electrons. The van der Waals surface area contributed by atoms with Gasteiger partial charge in [0.1, 0.15) is 24.3 Å². The number of aliphatic hydroxyl groups excluding tert-OH is 1. The smallest absolute Gasteiger partial charge is 0.127 e. The molecule has 1 fully saturated rings. The van der Waals surface area contributed by atoms with Crippen LogP contribution in [0.25, 0.3) is 0 Å². The van der Waals surface area contributed by atoms with Crippen LogP contribution >= 0.6 is 11.6 Å². The summed E-state index contributed by atoms with van der Waals surface area (Å²) in [5.74, 6) is 0.549. The maximum absolute atomic E-state index is 13.7. The summed E-state index contributed by atoms with van der Waals surface area (Å²) in [6, 6.07) is 14.0. The quantitative estimate of drug-likeness (QED) is 0.803. The number of aliphatic hydroxyl groups is 1. The van der Waals surface area contributed by atoms with Gasteiger partial charge in [0.2, 0.25) is 0 Å². The molecular formula is C20H24ClFN2O2. The van der Waals surface area contributed by atoms with E-state index < -0.39 is 6.10 Å². The molecule has 26 heavy (non-hydrogen) atoms. The molecule has 1 aliphatic rings. The van der Waals surface area contributed by atoms with Crippen molar-refractivity contribution in [3.63, 3.8) is 0 Å². The Labute approximate surface area is 158 Å². The number of piperazine rings is 1. The first kappa shape index (κ1) is 19.1. The molecule has 0 saturated carbocycles. The van der Waals surface area contributed by atoms with Gasteiger partial charge >= 0.3 is 0 Å². The second-order valence-corrected chi connectivity index (χ2v) is 7.02. The van der Waals surface area contributed by atoms with Crippen LogP contribution in [0, 0.1) is 5.82 Å². The number of hydrogen-bond acceptors (Lipinski definition) is 4. The van der Waals surface area contributed by atoms with Gasteiger partial charge in [0.15, 0.2) is 0 Å². The number of β-amino-alcohol motifs (C(OH)–C–C–N with tert-alkyl or cyclic N) is 1. The molecule has 0 aliphatic carbocycles. The summed E-state index contributed by atoms with van der Waals surface area (Å²) in [6.45, 7) is 4.87. The van der Waals surface area contributed by atoms with Gasteiger partial charge in [0.05, 0.1) is 0 Å². The third kappa shape index (κ3) is 5.68. The minimum Gasteiger partial charge on any atom is -0.491 e. The van der Waals surface area contributed by atoms with Crippen molar-refractivity contribution in [1.29, 1.82) is 0 Å². The Morgan fingerprint density at radius 1 is 1.00 bits per heavy atom. The minimum absolute atomic E-state index is 0.148. The average Bonchev–Trinajstić information content (AvgIpc) is 2.65. The Morgan fingerprint density at radius 2 is 1.65 bits per heavy atom. The molecule has 0 aromatic heterocycles. The fourth-order valence-electron chi connectivity index (χ4n) is 3.07. The predicted molar refractivity (Wildman–Crippen MR) is 101 cm³/mol. The van der Waals surface area contributed by atoms with E-state index >= 15 is 0 Å². The van der Waals surface area contributed by atoms with Crippen molar-refractivity contribution in [2.75, 3.05) is 39.3 Å². The lowest BCUT2D eigenvalue weighted by Crippen LogP contribution is -2.48. The standard InChI is InChI=1S/C20H24ClFN2O2/c21-17-5-7-19(8-6-17)26-15-18(25)14-24-11-9-23(10-12-24)13-16-3-1-2-4-20(16)22/h1-8,18,25H,9-15H2/t18-/m1/s1. The van der Waals surface area contributed by atoms with E-state index in [4.69, 9.17) is 16.3 Å². The molecule has 0 unspecified atom stereocenters. The van der Waals surface area contributed by atoms with Crippen LogP contribution in [0.1, 0.15) is 5.56 Å². The molecule has 3 rings (SSSR count). The summed E-state index contributed by atoms with van der Waals surface area (Å²) in [5, 5.41) is 10.9. The molecule has 1 atom stereocenters. The maximum Gasteiger partial charge on any atom is 0.127 e. The van der Waals surface area contributed by atoms with E-state index in [1.54, 1.807) is 30.3 Å². The molecule has 6 heteroatoms. The molecule has 1 N–H and O–H groups in total. The third-order valence-electron chi connectivity index (χ3n) is 4.54. The zero-order valence-corrected chi connectivity index (χ0v) is 15.4. The van der Waals surface area contributed by atoms with Gasteiger partial charge in [-0.25, -0.2) is 4.39 Å². The first-order chi connectivity index (χ1) is 12.6. The van der Waals surface area contributed by atoms with Gasteiger partial charge in [-0.1, -0.05) is 29.8 Å². The highest BCUT2D eigenvalue weighted by molar-refractivity contribution is 6.30. The second-order valence-electron chi connectivity index (χ2n) is 6.59. The first-order valence-corrected chi connectivity index (χ1v) is 9.22.